The molecule has 152 valence electrons. The van der Waals surface area contributed by atoms with Crippen LogP contribution in [-0.2, 0) is 0 Å². The molecule has 3 aromatic rings. The van der Waals surface area contributed by atoms with E-state index in [1.165, 1.54) is 17.5 Å². The van der Waals surface area contributed by atoms with Crippen LogP contribution in [0.5, 0.6) is 11.5 Å². The number of hydrogen-bond acceptors (Lipinski definition) is 5. The molecular formula is C24H29N3O2. The number of ether oxygens (including phenoxy) is 2. The second-order valence-corrected chi connectivity index (χ2v) is 8.63. The zero-order valence-corrected chi connectivity index (χ0v) is 18.0. The number of methoxy groups -OCH3 is 2. The maximum absolute atomic E-state index is 5.48. The van der Waals surface area contributed by atoms with E-state index in [4.69, 9.17) is 9.47 Å². The monoisotopic (exact) mass is 391 g/mol. The first-order valence-corrected chi connectivity index (χ1v) is 10.1. The van der Waals surface area contributed by atoms with Gasteiger partial charge in [-0.25, -0.2) is 9.97 Å². The van der Waals surface area contributed by atoms with Crippen molar-refractivity contribution in [3.05, 3.63) is 53.3 Å². The maximum Gasteiger partial charge on any atom is 0.162 e. The van der Waals surface area contributed by atoms with Gasteiger partial charge in [0.15, 0.2) is 11.5 Å². The molecule has 1 heterocycles. The lowest BCUT2D eigenvalue weighted by atomic mass is 9.98. The minimum Gasteiger partial charge on any atom is -0.493 e. The number of fused-ring (bicyclic) bond motifs is 1. The Morgan fingerprint density at radius 2 is 1.76 bits per heavy atom. The molecule has 0 saturated heterocycles. The Kier molecular flexibility index (Phi) is 4.85. The highest BCUT2D eigenvalue weighted by Gasteiger charge is 2.46. The Bertz CT molecular complexity index is 1060. The summed E-state index contributed by atoms with van der Waals surface area (Å²) in [6.07, 6.45) is 1.26. The van der Waals surface area contributed by atoms with Crippen LogP contribution < -0.4 is 14.8 Å². The van der Waals surface area contributed by atoms with Crippen molar-refractivity contribution in [1.82, 2.24) is 9.97 Å². The Morgan fingerprint density at radius 3 is 2.41 bits per heavy atom. The molecule has 1 aliphatic rings. The zero-order chi connectivity index (χ0) is 20.8. The van der Waals surface area contributed by atoms with Crippen molar-refractivity contribution in [2.24, 2.45) is 5.41 Å². The molecular weight excluding hydrogens is 362 g/mol. The number of hydrogen-bond donors (Lipinski definition) is 1. The average Bonchev–Trinajstić information content (AvgIpc) is 3.35. The lowest BCUT2D eigenvalue weighted by Gasteiger charge is -2.19. The van der Waals surface area contributed by atoms with E-state index >= 15 is 0 Å². The molecule has 1 aliphatic carbocycles. The number of nitrogens with zero attached hydrogens (tertiary/aromatic N) is 2. The van der Waals surface area contributed by atoms with Gasteiger partial charge >= 0.3 is 0 Å². The van der Waals surface area contributed by atoms with E-state index in [-0.39, 0.29) is 6.04 Å². The van der Waals surface area contributed by atoms with Crippen LogP contribution in [0.25, 0.3) is 10.9 Å². The van der Waals surface area contributed by atoms with E-state index in [1.54, 1.807) is 14.2 Å². The van der Waals surface area contributed by atoms with Gasteiger partial charge in [-0.05, 0) is 48.8 Å². The SMILES string of the molecule is COc1cc2nc(C)nc(NC(C)c3cccc(C4CC4(C)C)c3)c2cc1OC. The van der Waals surface area contributed by atoms with Crippen LogP contribution in [0, 0.1) is 12.3 Å². The Balaban J connectivity index is 1.68. The molecule has 1 N–H and O–H groups in total. The van der Waals surface area contributed by atoms with E-state index in [0.717, 1.165) is 16.7 Å². The number of aromatic nitrogens is 2. The maximum atomic E-state index is 5.48. The highest BCUT2D eigenvalue weighted by Crippen LogP contribution is 2.58. The summed E-state index contributed by atoms with van der Waals surface area (Å²) in [4.78, 5) is 9.25. The fourth-order valence-electron chi connectivity index (χ4n) is 4.05. The van der Waals surface area contributed by atoms with E-state index in [2.05, 4.69) is 60.3 Å². The van der Waals surface area contributed by atoms with Crippen molar-refractivity contribution in [2.45, 2.75) is 46.1 Å². The number of nitrogens with one attached hydrogen (secondary N) is 1. The molecule has 2 atom stereocenters. The van der Waals surface area contributed by atoms with Crippen LogP contribution >= 0.6 is 0 Å². The van der Waals surface area contributed by atoms with Crippen LogP contribution in [0.3, 0.4) is 0 Å². The summed E-state index contributed by atoms with van der Waals surface area (Å²) >= 11 is 0. The standard InChI is InChI=1S/C24H29N3O2/c1-14(16-8-7-9-17(10-16)19-13-24(19,3)4)25-23-18-11-21(28-5)22(29-6)12-20(18)26-15(2)27-23/h7-12,14,19H,13H2,1-6H3,(H,25,26,27). The number of benzene rings is 2. The van der Waals surface area contributed by atoms with E-state index < -0.39 is 0 Å². The summed E-state index contributed by atoms with van der Waals surface area (Å²) in [6.45, 7) is 8.75. The van der Waals surface area contributed by atoms with Gasteiger partial charge in [0.1, 0.15) is 11.6 Å². The first-order chi connectivity index (χ1) is 13.8. The van der Waals surface area contributed by atoms with Crippen LogP contribution in [0.1, 0.15) is 56.1 Å². The molecule has 0 aliphatic heterocycles. The highest BCUT2D eigenvalue weighted by atomic mass is 16.5. The molecule has 1 fully saturated rings. The van der Waals surface area contributed by atoms with E-state index in [0.29, 0.717) is 28.7 Å². The van der Waals surface area contributed by atoms with Crippen LogP contribution in [0.2, 0.25) is 0 Å². The number of rotatable bonds is 6. The topological polar surface area (TPSA) is 56.3 Å². The first-order valence-electron chi connectivity index (χ1n) is 10.1. The van der Waals surface area contributed by atoms with Gasteiger partial charge in [-0.3, -0.25) is 0 Å². The predicted molar refractivity (Wildman–Crippen MR) is 117 cm³/mol. The van der Waals surface area contributed by atoms with Gasteiger partial charge in [-0.1, -0.05) is 38.1 Å². The van der Waals surface area contributed by atoms with Crippen molar-refractivity contribution in [3.63, 3.8) is 0 Å². The number of anilines is 1. The van der Waals surface area contributed by atoms with Gasteiger partial charge in [0.2, 0.25) is 0 Å². The minimum atomic E-state index is 0.113. The van der Waals surface area contributed by atoms with Gasteiger partial charge in [0.25, 0.3) is 0 Å². The van der Waals surface area contributed by atoms with Crippen LogP contribution in [0.4, 0.5) is 5.82 Å². The predicted octanol–water partition coefficient (Wildman–Crippen LogP) is 5.64. The summed E-state index contributed by atoms with van der Waals surface area (Å²) < 4.78 is 10.9. The molecule has 2 aromatic carbocycles. The molecule has 0 spiro atoms. The molecule has 4 rings (SSSR count). The van der Waals surface area contributed by atoms with Crippen molar-refractivity contribution in [3.8, 4) is 11.5 Å². The second-order valence-electron chi connectivity index (χ2n) is 8.63. The van der Waals surface area contributed by atoms with Crippen LogP contribution in [-0.4, -0.2) is 24.2 Å². The highest BCUT2D eigenvalue weighted by molar-refractivity contribution is 5.92. The molecule has 5 nitrogen and oxygen atoms in total. The molecule has 1 saturated carbocycles. The normalized spacial score (nSPS) is 18.3. The summed E-state index contributed by atoms with van der Waals surface area (Å²) in [5.74, 6) is 3.51. The first kappa shape index (κ1) is 19.5. The Labute approximate surface area is 172 Å². The third-order valence-electron chi connectivity index (χ3n) is 5.99. The summed E-state index contributed by atoms with van der Waals surface area (Å²) in [7, 11) is 3.27. The molecule has 5 heteroatoms. The average molecular weight is 392 g/mol. The fraction of sp³-hybridized carbons (Fsp3) is 0.417. The van der Waals surface area contributed by atoms with Crippen LogP contribution in [0.15, 0.2) is 36.4 Å². The molecule has 2 unspecified atom stereocenters. The summed E-state index contributed by atoms with van der Waals surface area (Å²) in [5.41, 5.74) is 3.94. The summed E-state index contributed by atoms with van der Waals surface area (Å²) in [5, 5.41) is 4.51. The Morgan fingerprint density at radius 1 is 1.07 bits per heavy atom. The molecule has 0 radical (unpaired) electrons. The van der Waals surface area contributed by atoms with Gasteiger partial charge in [0, 0.05) is 17.5 Å². The van der Waals surface area contributed by atoms with Crippen molar-refractivity contribution >= 4 is 16.7 Å². The smallest absolute Gasteiger partial charge is 0.162 e. The number of aryl methyl sites for hydroxylation is 1. The zero-order valence-electron chi connectivity index (χ0n) is 18.0. The largest absolute Gasteiger partial charge is 0.493 e. The van der Waals surface area contributed by atoms with Gasteiger partial charge in [-0.15, -0.1) is 0 Å². The lowest BCUT2D eigenvalue weighted by Crippen LogP contribution is -2.10. The molecule has 29 heavy (non-hydrogen) atoms. The molecule has 1 aromatic heterocycles. The van der Waals surface area contributed by atoms with Gasteiger partial charge < -0.3 is 14.8 Å². The summed E-state index contributed by atoms with van der Waals surface area (Å²) in [6, 6.07) is 12.9. The lowest BCUT2D eigenvalue weighted by molar-refractivity contribution is 0.356. The van der Waals surface area contributed by atoms with Gasteiger partial charge in [0.05, 0.1) is 19.7 Å². The van der Waals surface area contributed by atoms with Crippen molar-refractivity contribution in [2.75, 3.05) is 19.5 Å². The van der Waals surface area contributed by atoms with Crippen molar-refractivity contribution in [1.29, 1.82) is 0 Å². The quantitative estimate of drug-likeness (QED) is 0.589. The molecule has 0 amide bonds. The second kappa shape index (κ2) is 7.21. The molecule has 0 bridgehead atoms. The minimum absolute atomic E-state index is 0.113. The Hall–Kier alpha value is -2.82. The third kappa shape index (κ3) is 3.74. The fourth-order valence-corrected chi connectivity index (χ4v) is 4.05. The van der Waals surface area contributed by atoms with E-state index in [1.807, 2.05) is 19.1 Å². The van der Waals surface area contributed by atoms with Gasteiger partial charge in [-0.2, -0.15) is 0 Å². The van der Waals surface area contributed by atoms with E-state index in [9.17, 15) is 0 Å². The van der Waals surface area contributed by atoms with Crippen molar-refractivity contribution < 1.29 is 9.47 Å². The third-order valence-corrected chi connectivity index (χ3v) is 5.99.